The lowest BCUT2D eigenvalue weighted by Gasteiger charge is -1.98. The lowest BCUT2D eigenvalue weighted by atomic mass is 10.3. The summed E-state index contributed by atoms with van der Waals surface area (Å²) in [5.41, 5.74) is 4.62. The van der Waals surface area contributed by atoms with Crippen molar-refractivity contribution < 1.29 is 8.78 Å². The topological polar surface area (TPSA) is 26.0 Å². The SMILES string of the molecule is Nc1c(F)ccc(I)c1F. The van der Waals surface area contributed by atoms with Gasteiger partial charge >= 0.3 is 0 Å². The molecule has 10 heavy (non-hydrogen) atoms. The summed E-state index contributed by atoms with van der Waals surface area (Å²) in [5.74, 6) is -1.39. The molecule has 0 fully saturated rings. The van der Waals surface area contributed by atoms with Gasteiger partial charge in [0.05, 0.1) is 3.57 Å². The quantitative estimate of drug-likeness (QED) is 0.429. The standard InChI is InChI=1S/C6H4F2IN/c7-3-1-2-4(9)5(8)6(3)10/h1-2H,10H2. The normalized spacial score (nSPS) is 9.90. The van der Waals surface area contributed by atoms with Gasteiger partial charge in [0.1, 0.15) is 11.5 Å². The Kier molecular flexibility index (Phi) is 2.08. The molecule has 0 aliphatic rings. The van der Waals surface area contributed by atoms with E-state index in [2.05, 4.69) is 0 Å². The second kappa shape index (κ2) is 2.69. The number of rotatable bonds is 0. The monoisotopic (exact) mass is 255 g/mol. The second-order valence-corrected chi connectivity index (χ2v) is 2.92. The number of benzene rings is 1. The van der Waals surface area contributed by atoms with Crippen molar-refractivity contribution in [3.8, 4) is 0 Å². The molecule has 0 bridgehead atoms. The minimum Gasteiger partial charge on any atom is -0.394 e. The molecule has 0 unspecified atom stereocenters. The van der Waals surface area contributed by atoms with Gasteiger partial charge in [-0.15, -0.1) is 0 Å². The van der Waals surface area contributed by atoms with E-state index in [1.807, 2.05) is 0 Å². The first-order valence-electron chi connectivity index (χ1n) is 2.52. The maximum Gasteiger partial charge on any atom is 0.162 e. The Hall–Kier alpha value is -0.390. The number of nitrogens with two attached hydrogens (primary N) is 1. The lowest BCUT2D eigenvalue weighted by Crippen LogP contribution is -1.96. The number of hydrogen-bond donors (Lipinski definition) is 1. The third-order valence-corrected chi connectivity index (χ3v) is 1.91. The fraction of sp³-hybridized carbons (Fsp3) is 0. The largest absolute Gasteiger partial charge is 0.394 e. The zero-order valence-electron chi connectivity index (χ0n) is 4.87. The smallest absolute Gasteiger partial charge is 0.162 e. The summed E-state index contributed by atoms with van der Waals surface area (Å²) in [7, 11) is 0. The highest BCUT2D eigenvalue weighted by Gasteiger charge is 2.06. The van der Waals surface area contributed by atoms with E-state index in [9.17, 15) is 8.78 Å². The van der Waals surface area contributed by atoms with Crippen LogP contribution in [0.5, 0.6) is 0 Å². The summed E-state index contributed by atoms with van der Waals surface area (Å²) < 4.78 is 25.3. The number of hydrogen-bond acceptors (Lipinski definition) is 1. The molecule has 1 aromatic rings. The van der Waals surface area contributed by atoms with Crippen molar-refractivity contribution in [3.05, 3.63) is 27.3 Å². The van der Waals surface area contributed by atoms with Gasteiger partial charge in [-0.25, -0.2) is 8.78 Å². The zero-order chi connectivity index (χ0) is 7.72. The van der Waals surface area contributed by atoms with Crippen LogP contribution in [0.2, 0.25) is 0 Å². The van der Waals surface area contributed by atoms with E-state index in [0.29, 0.717) is 3.57 Å². The van der Waals surface area contributed by atoms with Gasteiger partial charge in [-0.3, -0.25) is 0 Å². The van der Waals surface area contributed by atoms with Crippen molar-refractivity contribution in [2.45, 2.75) is 0 Å². The predicted molar refractivity (Wildman–Crippen MR) is 43.5 cm³/mol. The van der Waals surface area contributed by atoms with Crippen LogP contribution in [-0.2, 0) is 0 Å². The van der Waals surface area contributed by atoms with Crippen molar-refractivity contribution in [1.82, 2.24) is 0 Å². The van der Waals surface area contributed by atoms with Gasteiger partial charge in [0.15, 0.2) is 5.82 Å². The van der Waals surface area contributed by atoms with Gasteiger partial charge < -0.3 is 5.73 Å². The molecule has 4 heteroatoms. The van der Waals surface area contributed by atoms with Gasteiger partial charge in [-0.05, 0) is 34.7 Å². The van der Waals surface area contributed by atoms with Crippen molar-refractivity contribution >= 4 is 28.3 Å². The summed E-state index contributed by atoms with van der Waals surface area (Å²) in [6.07, 6.45) is 0. The number of halogens is 3. The van der Waals surface area contributed by atoms with Crippen molar-refractivity contribution in [3.63, 3.8) is 0 Å². The first-order chi connectivity index (χ1) is 4.63. The van der Waals surface area contributed by atoms with Gasteiger partial charge in [-0.1, -0.05) is 0 Å². The van der Waals surface area contributed by atoms with Crippen LogP contribution in [0.15, 0.2) is 12.1 Å². The van der Waals surface area contributed by atoms with Crippen LogP contribution >= 0.6 is 22.6 Å². The van der Waals surface area contributed by atoms with Crippen LogP contribution in [0.1, 0.15) is 0 Å². The molecule has 0 amide bonds. The van der Waals surface area contributed by atoms with Gasteiger partial charge in [-0.2, -0.15) is 0 Å². The predicted octanol–water partition coefficient (Wildman–Crippen LogP) is 2.15. The summed E-state index contributed by atoms with van der Waals surface area (Å²) >= 11 is 1.74. The third-order valence-electron chi connectivity index (χ3n) is 1.08. The maximum absolute atomic E-state index is 12.6. The fourth-order valence-corrected chi connectivity index (χ4v) is 1.01. The highest BCUT2D eigenvalue weighted by atomic mass is 127. The molecular formula is C6H4F2IN. The van der Waals surface area contributed by atoms with E-state index in [0.717, 1.165) is 6.07 Å². The Morgan fingerprint density at radius 3 is 2.40 bits per heavy atom. The Morgan fingerprint density at radius 1 is 1.30 bits per heavy atom. The molecule has 0 saturated carbocycles. The van der Waals surface area contributed by atoms with Crippen LogP contribution in [0.4, 0.5) is 14.5 Å². The van der Waals surface area contributed by atoms with Crippen LogP contribution in [0, 0.1) is 15.2 Å². The van der Waals surface area contributed by atoms with E-state index in [1.54, 1.807) is 22.6 Å². The molecule has 1 nitrogen and oxygen atoms in total. The van der Waals surface area contributed by atoms with E-state index in [4.69, 9.17) is 5.73 Å². The second-order valence-electron chi connectivity index (χ2n) is 1.76. The Bertz CT molecular complexity index is 235. The van der Waals surface area contributed by atoms with Crippen molar-refractivity contribution in [2.75, 3.05) is 5.73 Å². The van der Waals surface area contributed by atoms with Crippen LogP contribution in [0.25, 0.3) is 0 Å². The number of nitrogen functional groups attached to an aromatic ring is 1. The highest BCUT2D eigenvalue weighted by Crippen LogP contribution is 2.19. The summed E-state index contributed by atoms with van der Waals surface area (Å²) in [4.78, 5) is 0. The van der Waals surface area contributed by atoms with Gasteiger partial charge in [0.25, 0.3) is 0 Å². The lowest BCUT2D eigenvalue weighted by molar-refractivity contribution is 0.587. The van der Waals surface area contributed by atoms with Crippen LogP contribution < -0.4 is 5.73 Å². The molecule has 0 spiro atoms. The van der Waals surface area contributed by atoms with E-state index >= 15 is 0 Å². The first-order valence-corrected chi connectivity index (χ1v) is 3.60. The molecular weight excluding hydrogens is 251 g/mol. The molecule has 0 saturated heterocycles. The van der Waals surface area contributed by atoms with Crippen LogP contribution in [-0.4, -0.2) is 0 Å². The molecule has 0 aliphatic carbocycles. The Morgan fingerprint density at radius 2 is 1.90 bits per heavy atom. The Balaban J connectivity index is 3.34. The maximum atomic E-state index is 12.6. The molecule has 1 aromatic carbocycles. The van der Waals surface area contributed by atoms with Gasteiger partial charge in [0.2, 0.25) is 0 Å². The van der Waals surface area contributed by atoms with E-state index in [-0.39, 0.29) is 0 Å². The number of anilines is 1. The highest BCUT2D eigenvalue weighted by molar-refractivity contribution is 14.1. The Labute approximate surface area is 70.4 Å². The molecule has 0 aliphatic heterocycles. The molecule has 2 N–H and O–H groups in total. The fourth-order valence-electron chi connectivity index (χ4n) is 0.543. The molecule has 1 rings (SSSR count). The summed E-state index contributed by atoms with van der Waals surface area (Å²) in [6, 6.07) is 2.47. The van der Waals surface area contributed by atoms with E-state index in [1.165, 1.54) is 6.07 Å². The van der Waals surface area contributed by atoms with Crippen LogP contribution in [0.3, 0.4) is 0 Å². The minimum atomic E-state index is -0.710. The van der Waals surface area contributed by atoms with E-state index < -0.39 is 17.3 Å². The average molecular weight is 255 g/mol. The van der Waals surface area contributed by atoms with Crippen molar-refractivity contribution in [1.29, 1.82) is 0 Å². The first kappa shape index (κ1) is 7.71. The van der Waals surface area contributed by atoms with Gasteiger partial charge in [0, 0.05) is 0 Å². The average Bonchev–Trinajstić information content (AvgIpc) is 1.93. The van der Waals surface area contributed by atoms with Crippen molar-refractivity contribution in [2.24, 2.45) is 0 Å². The molecule has 0 radical (unpaired) electrons. The molecule has 54 valence electrons. The summed E-state index contributed by atoms with van der Waals surface area (Å²) in [5, 5.41) is 0. The zero-order valence-corrected chi connectivity index (χ0v) is 7.02. The summed E-state index contributed by atoms with van der Waals surface area (Å²) in [6.45, 7) is 0. The molecule has 0 atom stereocenters. The minimum absolute atomic E-state index is 0.330. The third kappa shape index (κ3) is 1.21. The molecule has 0 aromatic heterocycles. The molecule has 0 heterocycles.